The quantitative estimate of drug-likeness (QED) is 0.474. The fraction of sp³-hybridized carbons (Fsp3) is 0.222. The van der Waals surface area contributed by atoms with Gasteiger partial charge in [0.2, 0.25) is 0 Å². The van der Waals surface area contributed by atoms with Gasteiger partial charge in [0.1, 0.15) is 5.82 Å². The van der Waals surface area contributed by atoms with Crippen LogP contribution in [0.1, 0.15) is 0 Å². The summed E-state index contributed by atoms with van der Waals surface area (Å²) in [7, 11) is 0. The number of rotatable bonds is 4. The maximum atomic E-state index is 13.1. The van der Waals surface area contributed by atoms with E-state index in [1.807, 2.05) is 0 Å². The first-order chi connectivity index (χ1) is 7.50. The van der Waals surface area contributed by atoms with Gasteiger partial charge in [-0.3, -0.25) is 0 Å². The van der Waals surface area contributed by atoms with Crippen LogP contribution < -0.4 is 22.1 Å². The van der Waals surface area contributed by atoms with Crippen LogP contribution in [-0.4, -0.2) is 19.1 Å². The highest BCUT2D eigenvalue weighted by molar-refractivity contribution is 6.31. The summed E-state index contributed by atoms with van der Waals surface area (Å²) in [4.78, 5) is 10.4. The first kappa shape index (κ1) is 12.4. The number of carbonyl (C=O) groups is 1. The normalized spacial score (nSPS) is 9.88. The van der Waals surface area contributed by atoms with E-state index in [4.69, 9.17) is 23.1 Å². The number of halogens is 2. The van der Waals surface area contributed by atoms with Gasteiger partial charge in [-0.15, -0.1) is 0 Å². The minimum atomic E-state index is -0.614. The summed E-state index contributed by atoms with van der Waals surface area (Å²) in [5, 5.41) is 5.19. The summed E-state index contributed by atoms with van der Waals surface area (Å²) >= 11 is 5.53. The Kier molecular flexibility index (Phi) is 4.19. The van der Waals surface area contributed by atoms with E-state index in [-0.39, 0.29) is 5.02 Å². The lowest BCUT2D eigenvalue weighted by Gasteiger charge is -2.10. The fourth-order valence-corrected chi connectivity index (χ4v) is 1.27. The highest BCUT2D eigenvalue weighted by Gasteiger charge is 2.05. The lowest BCUT2D eigenvalue weighted by atomic mass is 10.2. The van der Waals surface area contributed by atoms with Crippen molar-refractivity contribution in [2.75, 3.05) is 24.1 Å². The number of benzene rings is 1. The largest absolute Gasteiger partial charge is 0.397 e. The molecule has 0 bridgehead atoms. The van der Waals surface area contributed by atoms with Gasteiger partial charge in [-0.2, -0.15) is 0 Å². The van der Waals surface area contributed by atoms with Crippen LogP contribution >= 0.6 is 11.6 Å². The van der Waals surface area contributed by atoms with Crippen molar-refractivity contribution in [2.45, 2.75) is 0 Å². The molecule has 0 unspecified atom stereocenters. The molecule has 0 aliphatic heterocycles. The third-order valence-electron chi connectivity index (χ3n) is 1.83. The molecule has 16 heavy (non-hydrogen) atoms. The Morgan fingerprint density at radius 2 is 2.12 bits per heavy atom. The van der Waals surface area contributed by atoms with Gasteiger partial charge in [-0.05, 0) is 6.07 Å². The minimum Gasteiger partial charge on any atom is -0.397 e. The van der Waals surface area contributed by atoms with Gasteiger partial charge >= 0.3 is 6.03 Å². The summed E-state index contributed by atoms with van der Waals surface area (Å²) in [5.74, 6) is -0.554. The molecule has 1 aromatic rings. The number of urea groups is 1. The summed E-state index contributed by atoms with van der Waals surface area (Å²) in [6, 6.07) is 1.90. The molecule has 0 fully saturated rings. The highest BCUT2D eigenvalue weighted by atomic mass is 35.5. The smallest absolute Gasteiger partial charge is 0.312 e. The average Bonchev–Trinajstić information content (AvgIpc) is 2.19. The third kappa shape index (κ3) is 3.47. The Morgan fingerprint density at radius 1 is 1.44 bits per heavy atom. The Hall–Kier alpha value is -1.69. The molecule has 0 aliphatic rings. The average molecular weight is 247 g/mol. The van der Waals surface area contributed by atoms with E-state index < -0.39 is 11.8 Å². The van der Waals surface area contributed by atoms with E-state index in [1.165, 1.54) is 12.1 Å². The SMILES string of the molecule is NC(=O)NCCNc1cc(F)c(Cl)cc1N. The zero-order chi connectivity index (χ0) is 12.1. The van der Waals surface area contributed by atoms with Crippen LogP contribution in [0.2, 0.25) is 5.02 Å². The molecule has 0 saturated heterocycles. The monoisotopic (exact) mass is 246 g/mol. The number of hydrogen-bond donors (Lipinski definition) is 4. The van der Waals surface area contributed by atoms with Crippen molar-refractivity contribution >= 4 is 29.0 Å². The molecule has 0 spiro atoms. The zero-order valence-electron chi connectivity index (χ0n) is 8.39. The number of amides is 2. The van der Waals surface area contributed by atoms with Crippen LogP contribution in [0.4, 0.5) is 20.6 Å². The molecule has 0 aromatic heterocycles. The second-order valence-corrected chi connectivity index (χ2v) is 3.48. The number of primary amides is 1. The first-order valence-electron chi connectivity index (χ1n) is 4.52. The Bertz CT molecular complexity index is 399. The van der Waals surface area contributed by atoms with E-state index >= 15 is 0 Å². The summed E-state index contributed by atoms with van der Waals surface area (Å²) in [5.41, 5.74) is 11.2. The standard InChI is InChI=1S/C9H12ClFN4O/c10-5-3-7(12)8(4-6(5)11)14-1-2-15-9(13)16/h3-4,14H,1-2,12H2,(H3,13,15,16). The topological polar surface area (TPSA) is 93.2 Å². The Labute approximate surface area is 96.9 Å². The van der Waals surface area contributed by atoms with Gasteiger partial charge in [0.25, 0.3) is 0 Å². The predicted molar refractivity (Wildman–Crippen MR) is 61.9 cm³/mol. The van der Waals surface area contributed by atoms with Crippen molar-refractivity contribution in [3.05, 3.63) is 23.0 Å². The molecular weight excluding hydrogens is 235 g/mol. The van der Waals surface area contributed by atoms with Gasteiger partial charge in [0, 0.05) is 19.2 Å². The van der Waals surface area contributed by atoms with Crippen molar-refractivity contribution < 1.29 is 9.18 Å². The molecule has 6 N–H and O–H groups in total. The van der Waals surface area contributed by atoms with E-state index in [1.54, 1.807) is 0 Å². The van der Waals surface area contributed by atoms with Crippen LogP contribution in [0, 0.1) is 5.82 Å². The van der Waals surface area contributed by atoms with Crippen molar-refractivity contribution in [2.24, 2.45) is 5.73 Å². The number of nitrogens with one attached hydrogen (secondary N) is 2. The molecule has 0 atom stereocenters. The molecule has 0 aliphatic carbocycles. The predicted octanol–water partition coefficient (Wildman–Crippen LogP) is 1.14. The lowest BCUT2D eigenvalue weighted by molar-refractivity contribution is 0.249. The molecule has 1 aromatic carbocycles. The molecule has 5 nitrogen and oxygen atoms in total. The number of hydrogen-bond acceptors (Lipinski definition) is 3. The lowest BCUT2D eigenvalue weighted by Crippen LogP contribution is -2.33. The second kappa shape index (κ2) is 5.41. The van der Waals surface area contributed by atoms with Gasteiger partial charge in [-0.1, -0.05) is 11.6 Å². The van der Waals surface area contributed by atoms with Gasteiger partial charge in [0.15, 0.2) is 0 Å². The van der Waals surface area contributed by atoms with Crippen molar-refractivity contribution in [1.29, 1.82) is 0 Å². The molecule has 1 rings (SSSR count). The van der Waals surface area contributed by atoms with Crippen molar-refractivity contribution in [3.63, 3.8) is 0 Å². The second-order valence-electron chi connectivity index (χ2n) is 3.07. The maximum absolute atomic E-state index is 13.1. The third-order valence-corrected chi connectivity index (χ3v) is 2.12. The molecule has 7 heteroatoms. The molecule has 0 radical (unpaired) electrons. The molecular formula is C9H12ClFN4O. The number of anilines is 2. The summed E-state index contributed by atoms with van der Waals surface area (Å²) in [6.07, 6.45) is 0. The Balaban J connectivity index is 2.54. The highest BCUT2D eigenvalue weighted by Crippen LogP contribution is 2.25. The van der Waals surface area contributed by atoms with E-state index in [9.17, 15) is 9.18 Å². The number of carbonyl (C=O) groups excluding carboxylic acids is 1. The van der Waals surface area contributed by atoms with E-state index in [0.717, 1.165) is 0 Å². The van der Waals surface area contributed by atoms with Crippen molar-refractivity contribution in [3.8, 4) is 0 Å². The molecule has 2 amide bonds. The van der Waals surface area contributed by atoms with Gasteiger partial charge in [0.05, 0.1) is 16.4 Å². The molecule has 88 valence electrons. The van der Waals surface area contributed by atoms with Gasteiger partial charge < -0.3 is 22.1 Å². The fourth-order valence-electron chi connectivity index (χ4n) is 1.10. The van der Waals surface area contributed by atoms with Gasteiger partial charge in [-0.25, -0.2) is 9.18 Å². The van der Waals surface area contributed by atoms with E-state index in [0.29, 0.717) is 24.5 Å². The Morgan fingerprint density at radius 3 is 2.75 bits per heavy atom. The van der Waals surface area contributed by atoms with Crippen molar-refractivity contribution in [1.82, 2.24) is 5.32 Å². The molecule has 0 heterocycles. The van der Waals surface area contributed by atoms with Crippen LogP contribution in [0.3, 0.4) is 0 Å². The minimum absolute atomic E-state index is 0.0293. The van der Waals surface area contributed by atoms with Crippen LogP contribution in [0.25, 0.3) is 0 Å². The van der Waals surface area contributed by atoms with Crippen LogP contribution in [0.15, 0.2) is 12.1 Å². The number of nitrogens with two attached hydrogens (primary N) is 2. The number of nitrogen functional groups attached to an aromatic ring is 1. The van der Waals surface area contributed by atoms with E-state index in [2.05, 4.69) is 10.6 Å². The summed E-state index contributed by atoms with van der Waals surface area (Å²) in [6.45, 7) is 0.702. The summed E-state index contributed by atoms with van der Waals surface area (Å²) < 4.78 is 13.1. The van der Waals surface area contributed by atoms with Crippen LogP contribution in [0.5, 0.6) is 0 Å². The first-order valence-corrected chi connectivity index (χ1v) is 4.90. The zero-order valence-corrected chi connectivity index (χ0v) is 9.14. The van der Waals surface area contributed by atoms with Crippen LogP contribution in [-0.2, 0) is 0 Å². The molecule has 0 saturated carbocycles. The maximum Gasteiger partial charge on any atom is 0.312 e.